The largest absolute Gasteiger partial charge is 0.462 e. The van der Waals surface area contributed by atoms with Crippen LogP contribution in [0, 0.1) is 23.7 Å². The van der Waals surface area contributed by atoms with Crippen molar-refractivity contribution in [1.82, 2.24) is 0 Å². The van der Waals surface area contributed by atoms with Gasteiger partial charge in [0, 0.05) is 57.8 Å². The molecule has 5 fully saturated rings. The van der Waals surface area contributed by atoms with Crippen LogP contribution in [0.4, 0.5) is 0 Å². The molecule has 16 nitrogen and oxygen atoms in total. The van der Waals surface area contributed by atoms with Crippen molar-refractivity contribution < 1.29 is 77.6 Å². The second-order valence-electron chi connectivity index (χ2n) is 19.5. The van der Waals surface area contributed by atoms with E-state index in [0.29, 0.717) is 50.0 Å². The lowest BCUT2D eigenvalue weighted by molar-refractivity contribution is -0.340. The number of hydrogen-bond donors (Lipinski definition) is 4. The number of aliphatic hydroxyl groups excluding tert-OH is 2. The quantitative estimate of drug-likeness (QED) is 0.0990. The number of carbonyl (C=O) groups excluding carboxylic acids is 1. The Labute approximate surface area is 378 Å². The lowest BCUT2D eigenvalue weighted by atomic mass is 9.70. The van der Waals surface area contributed by atoms with Gasteiger partial charge in [-0.2, -0.15) is 0 Å². The maximum absolute atomic E-state index is 14.5. The minimum atomic E-state index is -2.13. The topological polar surface area (TPSA) is 200 Å². The molecule has 16 heteroatoms. The highest BCUT2D eigenvalue weighted by Gasteiger charge is 2.64. The molecule has 2 bridgehead atoms. The fourth-order valence-electron chi connectivity index (χ4n) is 11.1. The van der Waals surface area contributed by atoms with Crippen LogP contribution in [0.2, 0.25) is 0 Å². The molecule has 7 rings (SSSR count). The summed E-state index contributed by atoms with van der Waals surface area (Å²) in [6.07, 6.45) is 2.96. The highest BCUT2D eigenvalue weighted by atomic mass is 17.1. The molecule has 0 saturated carbocycles. The molecule has 6 heterocycles. The van der Waals surface area contributed by atoms with E-state index in [1.54, 1.807) is 40.2 Å². The van der Waals surface area contributed by atoms with Gasteiger partial charge in [-0.3, -0.25) is 4.79 Å². The normalized spacial score (nSPS) is 48.6. The SMILES string of the molecule is CC[C@H](C)[C@H]1O[C@]2(CC[C@@H]1C)C[C@@H]1C[C@@H](C/C=C(/C)[C@@H](O[C@H]3C[C@H](OC)[C@@H](O[C@H]4C[C@H](OC)[C@@H](O)[C@H](C)O4)[C@H](C)O3)[C@@H](C)/C=C\C=C3C(OO)O[C@@H]4[C@H](O)C(C)=C[C@@H](C(=O)O1)[C@]34O)O2. The van der Waals surface area contributed by atoms with Crippen molar-refractivity contribution in [3.63, 3.8) is 0 Å². The van der Waals surface area contributed by atoms with Gasteiger partial charge in [0.25, 0.3) is 0 Å². The van der Waals surface area contributed by atoms with E-state index in [0.717, 1.165) is 18.4 Å². The number of allylic oxidation sites excluding steroid dienone is 2. The molecule has 64 heavy (non-hydrogen) atoms. The minimum absolute atomic E-state index is 0.0484. The van der Waals surface area contributed by atoms with Gasteiger partial charge in [0.2, 0.25) is 6.29 Å². The summed E-state index contributed by atoms with van der Waals surface area (Å²) in [5.74, 6) is -2.68. The molecule has 1 spiro atoms. The number of aliphatic hydroxyl groups is 3. The van der Waals surface area contributed by atoms with Crippen LogP contribution in [-0.2, 0) is 57.1 Å². The first-order valence-corrected chi connectivity index (χ1v) is 23.5. The molecule has 0 aromatic carbocycles. The van der Waals surface area contributed by atoms with Crippen LogP contribution in [0.1, 0.15) is 107 Å². The second kappa shape index (κ2) is 20.6. The van der Waals surface area contributed by atoms with Crippen LogP contribution >= 0.6 is 0 Å². The highest BCUT2D eigenvalue weighted by molar-refractivity contribution is 5.78. The number of hydrogen-bond acceptors (Lipinski definition) is 16. The van der Waals surface area contributed by atoms with E-state index in [1.165, 1.54) is 6.08 Å². The lowest BCUT2D eigenvalue weighted by Crippen LogP contribution is -2.58. The van der Waals surface area contributed by atoms with E-state index in [-0.39, 0.29) is 23.5 Å². The standard InChI is InChI=1S/C48H74O16/c1-11-24(2)42-27(5)17-18-47(63-42)23-32-20-31(62-47)16-15-26(4)41(59-38-22-36(55-10)43(30(8)57-38)60-37-21-35(54-9)40(50)29(7)56-37)25(3)13-12-14-33-46(64-53)61-44-39(49)28(6)19-34(45(51)58-32)48(33,44)52/h12-15,19,24-25,27,29-32,34-44,46,49-50,52-53H,11,16-18,20-23H2,1-10H3/b13-12-,26-15-,33-14?/t24-,25-,27-,29-,30-,31+,32-,34-,35-,36-,37-,38-,39+,40-,41-,42+,43-,44+,46?,47+,48+/m0/s1. The molecule has 0 radical (unpaired) electrons. The number of rotatable bonds is 9. The molecule has 0 aromatic rings. The van der Waals surface area contributed by atoms with Gasteiger partial charge in [-0.25, -0.2) is 10.1 Å². The zero-order valence-electron chi connectivity index (χ0n) is 39.2. The van der Waals surface area contributed by atoms with Gasteiger partial charge in [0.15, 0.2) is 18.4 Å². The van der Waals surface area contributed by atoms with E-state index >= 15 is 0 Å². The van der Waals surface area contributed by atoms with E-state index in [4.69, 9.17) is 52.3 Å². The summed E-state index contributed by atoms with van der Waals surface area (Å²) in [6, 6.07) is 0. The van der Waals surface area contributed by atoms with Crippen molar-refractivity contribution in [2.24, 2.45) is 23.7 Å². The van der Waals surface area contributed by atoms with Crippen LogP contribution in [-0.4, -0.2) is 144 Å². The molecule has 4 N–H and O–H groups in total. The summed E-state index contributed by atoms with van der Waals surface area (Å²) < 4.78 is 63.7. The number of fused-ring (bicyclic) bond motifs is 2. The number of ether oxygens (including phenoxy) is 10. The average Bonchev–Trinajstić information content (AvgIpc) is 3.56. The van der Waals surface area contributed by atoms with E-state index in [2.05, 4.69) is 26.8 Å². The Morgan fingerprint density at radius 1 is 0.906 bits per heavy atom. The van der Waals surface area contributed by atoms with Crippen molar-refractivity contribution in [1.29, 1.82) is 0 Å². The van der Waals surface area contributed by atoms with E-state index in [1.807, 2.05) is 26.8 Å². The Bertz CT molecular complexity index is 1730. The summed E-state index contributed by atoms with van der Waals surface area (Å²) in [7, 11) is 3.19. The summed E-state index contributed by atoms with van der Waals surface area (Å²) >= 11 is 0. The third-order valence-corrected chi connectivity index (χ3v) is 15.1. The van der Waals surface area contributed by atoms with Gasteiger partial charge in [-0.15, -0.1) is 0 Å². The van der Waals surface area contributed by atoms with Gasteiger partial charge in [-0.1, -0.05) is 64.5 Å². The van der Waals surface area contributed by atoms with Crippen LogP contribution in [0.3, 0.4) is 0 Å². The maximum Gasteiger partial charge on any atom is 0.316 e. The molecule has 6 aliphatic heterocycles. The maximum atomic E-state index is 14.5. The van der Waals surface area contributed by atoms with Crippen molar-refractivity contribution in [2.45, 2.75) is 210 Å². The molecule has 1 aliphatic carbocycles. The van der Waals surface area contributed by atoms with Gasteiger partial charge in [-0.05, 0) is 63.5 Å². The Morgan fingerprint density at radius 3 is 2.31 bits per heavy atom. The third kappa shape index (κ3) is 10.0. The Morgan fingerprint density at radius 2 is 1.61 bits per heavy atom. The Hall–Kier alpha value is -2.13. The fourth-order valence-corrected chi connectivity index (χ4v) is 11.1. The first kappa shape index (κ1) is 49.8. The third-order valence-electron chi connectivity index (χ3n) is 15.1. The Balaban J connectivity index is 1.20. The highest BCUT2D eigenvalue weighted by Crippen LogP contribution is 2.50. The summed E-state index contributed by atoms with van der Waals surface area (Å²) in [4.78, 5) is 19.2. The molecule has 0 amide bonds. The molecule has 1 unspecified atom stereocenters. The van der Waals surface area contributed by atoms with Crippen LogP contribution in [0.25, 0.3) is 0 Å². The van der Waals surface area contributed by atoms with Crippen LogP contribution in [0.15, 0.2) is 47.1 Å². The van der Waals surface area contributed by atoms with Crippen molar-refractivity contribution >= 4 is 5.97 Å². The van der Waals surface area contributed by atoms with E-state index < -0.39 is 109 Å². The first-order chi connectivity index (χ1) is 30.4. The number of methoxy groups -OCH3 is 2. The van der Waals surface area contributed by atoms with Gasteiger partial charge < -0.3 is 62.7 Å². The average molecular weight is 907 g/mol. The number of esters is 1. The van der Waals surface area contributed by atoms with Gasteiger partial charge in [0.05, 0.1) is 42.7 Å². The first-order valence-electron chi connectivity index (χ1n) is 23.5. The molecule has 7 aliphatic rings. The predicted molar refractivity (Wildman–Crippen MR) is 230 cm³/mol. The van der Waals surface area contributed by atoms with Gasteiger partial charge in [0.1, 0.15) is 42.0 Å². The lowest BCUT2D eigenvalue weighted by Gasteiger charge is -2.51. The van der Waals surface area contributed by atoms with Crippen molar-refractivity contribution in [3.05, 3.63) is 47.1 Å². The minimum Gasteiger partial charge on any atom is -0.462 e. The van der Waals surface area contributed by atoms with Crippen molar-refractivity contribution in [3.8, 4) is 0 Å². The summed E-state index contributed by atoms with van der Waals surface area (Å²) in [5, 5.41) is 44.5. The molecule has 0 aromatic heterocycles. The number of carbonyl (C=O) groups is 1. The zero-order chi connectivity index (χ0) is 46.2. The zero-order valence-corrected chi connectivity index (χ0v) is 39.2. The van der Waals surface area contributed by atoms with E-state index in [9.17, 15) is 25.4 Å². The van der Waals surface area contributed by atoms with Crippen molar-refractivity contribution in [2.75, 3.05) is 14.2 Å². The van der Waals surface area contributed by atoms with Gasteiger partial charge >= 0.3 is 5.97 Å². The predicted octanol–water partition coefficient (Wildman–Crippen LogP) is 5.42. The molecule has 21 atom stereocenters. The smallest absolute Gasteiger partial charge is 0.316 e. The Kier molecular flexibility index (Phi) is 16.0. The molecule has 5 saturated heterocycles. The monoisotopic (exact) mass is 906 g/mol. The summed E-state index contributed by atoms with van der Waals surface area (Å²) in [5.41, 5.74) is -0.753. The molecule has 362 valence electrons. The molecular weight excluding hydrogens is 833 g/mol. The van der Waals surface area contributed by atoms with Crippen LogP contribution in [0.5, 0.6) is 0 Å². The second-order valence-corrected chi connectivity index (χ2v) is 19.5. The summed E-state index contributed by atoms with van der Waals surface area (Å²) in [6.45, 7) is 15.9. The molecular formula is C48H74O16. The fraction of sp³-hybridized carbons (Fsp3) is 0.812. The van der Waals surface area contributed by atoms with Crippen LogP contribution < -0.4 is 0 Å².